The van der Waals surface area contributed by atoms with Crippen molar-refractivity contribution in [3.8, 4) is 26.9 Å². The summed E-state index contributed by atoms with van der Waals surface area (Å²) in [5.74, 6) is 0.231. The van der Waals surface area contributed by atoms with Crippen LogP contribution in [0.15, 0.2) is 91.5 Å². The van der Waals surface area contributed by atoms with Crippen LogP contribution in [0.1, 0.15) is 0 Å². The third-order valence-corrected chi connectivity index (χ3v) is 7.91. The summed E-state index contributed by atoms with van der Waals surface area (Å²) in [7, 11) is 0. The highest BCUT2D eigenvalue weighted by atomic mass is 32.1. The van der Waals surface area contributed by atoms with Crippen molar-refractivity contribution in [3.63, 3.8) is 0 Å². The lowest BCUT2D eigenvalue weighted by Gasteiger charge is -2.12. The Labute approximate surface area is 215 Å². The van der Waals surface area contributed by atoms with E-state index in [1.54, 1.807) is 22.7 Å². The van der Waals surface area contributed by atoms with Gasteiger partial charge in [0.1, 0.15) is 29.0 Å². The predicted octanol–water partition coefficient (Wildman–Crippen LogP) is 7.50. The zero-order valence-electron chi connectivity index (χ0n) is 19.1. The molecule has 0 saturated heterocycles. The van der Waals surface area contributed by atoms with Gasteiger partial charge in [-0.2, -0.15) is 0 Å². The molecule has 0 N–H and O–H groups in total. The number of thiazole rings is 2. The first kappa shape index (κ1) is 22.4. The first-order valence-electron chi connectivity index (χ1n) is 11.4. The molecule has 0 saturated carbocycles. The molecule has 176 valence electrons. The number of fused-ring (bicyclic) bond motifs is 3. The summed E-state index contributed by atoms with van der Waals surface area (Å²) in [5.41, 5.74) is 3.93. The Morgan fingerprint density at radius 3 is 2.22 bits per heavy atom. The highest BCUT2D eigenvalue weighted by Gasteiger charge is 2.15. The van der Waals surface area contributed by atoms with Crippen molar-refractivity contribution in [3.05, 3.63) is 91.5 Å². The number of ether oxygens (including phenoxy) is 2. The molecule has 6 rings (SSSR count). The second kappa shape index (κ2) is 9.53. The van der Waals surface area contributed by atoms with Gasteiger partial charge in [-0.3, -0.25) is 0 Å². The molecular weight excluding hydrogens is 488 g/mol. The van der Waals surface area contributed by atoms with E-state index in [0.717, 1.165) is 53.7 Å². The van der Waals surface area contributed by atoms with E-state index in [9.17, 15) is 4.79 Å². The smallest absolute Gasteiger partial charge is 0.330 e. The minimum absolute atomic E-state index is 0.138. The number of hydrogen-bond acceptors (Lipinski definition) is 7. The van der Waals surface area contributed by atoms with Crippen molar-refractivity contribution in [1.82, 2.24) is 9.97 Å². The van der Waals surface area contributed by atoms with Crippen molar-refractivity contribution >= 4 is 59.8 Å². The van der Waals surface area contributed by atoms with Crippen LogP contribution in [-0.4, -0.2) is 29.2 Å². The van der Waals surface area contributed by atoms with E-state index in [0.29, 0.717) is 5.75 Å². The molecule has 0 aliphatic rings. The van der Waals surface area contributed by atoms with Gasteiger partial charge in [-0.15, -0.1) is 22.7 Å². The second-order valence-electron chi connectivity index (χ2n) is 8.10. The normalized spacial score (nSPS) is 11.2. The van der Waals surface area contributed by atoms with E-state index < -0.39 is 5.97 Å². The Bertz CT molecular complexity index is 1690. The van der Waals surface area contributed by atoms with Crippen LogP contribution >= 0.6 is 22.7 Å². The van der Waals surface area contributed by atoms with E-state index in [2.05, 4.69) is 43.0 Å². The fraction of sp³-hybridized carbons (Fsp3) is 0.0690. The molecule has 4 aromatic carbocycles. The van der Waals surface area contributed by atoms with Crippen LogP contribution in [0.5, 0.6) is 5.75 Å². The van der Waals surface area contributed by atoms with Crippen molar-refractivity contribution in [2.45, 2.75) is 0 Å². The molecule has 0 aliphatic carbocycles. The Morgan fingerprint density at radius 1 is 0.806 bits per heavy atom. The van der Waals surface area contributed by atoms with Crippen molar-refractivity contribution in [2.24, 2.45) is 0 Å². The largest absolute Gasteiger partial charge is 0.489 e. The zero-order valence-corrected chi connectivity index (χ0v) is 20.8. The molecule has 36 heavy (non-hydrogen) atoms. The van der Waals surface area contributed by atoms with Gasteiger partial charge in [0, 0.05) is 11.6 Å². The second-order valence-corrected chi connectivity index (χ2v) is 10.2. The lowest BCUT2D eigenvalue weighted by atomic mass is 10.0. The fourth-order valence-electron chi connectivity index (χ4n) is 4.03. The molecule has 0 radical (unpaired) electrons. The Balaban J connectivity index is 1.41. The Kier molecular flexibility index (Phi) is 5.93. The lowest BCUT2D eigenvalue weighted by Crippen LogP contribution is -2.10. The predicted molar refractivity (Wildman–Crippen MR) is 148 cm³/mol. The minimum atomic E-state index is -0.467. The topological polar surface area (TPSA) is 61.3 Å². The van der Waals surface area contributed by atoms with Crippen LogP contribution in [0.3, 0.4) is 0 Å². The molecule has 2 heterocycles. The van der Waals surface area contributed by atoms with Crippen LogP contribution in [0, 0.1) is 0 Å². The molecule has 2 aromatic heterocycles. The number of nitrogens with zero attached hydrogens (tertiary/aromatic N) is 2. The maximum absolute atomic E-state index is 11.4. The van der Waals surface area contributed by atoms with E-state index >= 15 is 0 Å². The summed E-state index contributed by atoms with van der Waals surface area (Å²) >= 11 is 3.31. The zero-order chi connectivity index (χ0) is 24.5. The average molecular weight is 509 g/mol. The van der Waals surface area contributed by atoms with E-state index in [1.807, 2.05) is 42.5 Å². The van der Waals surface area contributed by atoms with Crippen molar-refractivity contribution in [1.29, 1.82) is 0 Å². The van der Waals surface area contributed by atoms with Crippen LogP contribution in [0.4, 0.5) is 0 Å². The standard InChI is InChI=1S/C29H20N2O3S2/c1-2-27(32)34-14-13-33-24-17-18-11-12-19(28-30-22-7-3-5-9-25(22)35-28)15-20(18)16-21(24)29-31-23-8-4-6-10-26(23)36-29/h2-12,15-17H,1,13-14H2. The Hall–Kier alpha value is -4.07. The van der Waals surface area contributed by atoms with Gasteiger partial charge in [0.05, 0.1) is 26.0 Å². The summed E-state index contributed by atoms with van der Waals surface area (Å²) in [6.07, 6.45) is 1.14. The third kappa shape index (κ3) is 4.34. The molecule has 5 nitrogen and oxygen atoms in total. The number of esters is 1. The lowest BCUT2D eigenvalue weighted by molar-refractivity contribution is -0.138. The summed E-state index contributed by atoms with van der Waals surface area (Å²) < 4.78 is 13.5. The summed E-state index contributed by atoms with van der Waals surface area (Å²) in [6.45, 7) is 3.79. The highest BCUT2D eigenvalue weighted by Crippen LogP contribution is 2.40. The number of aromatic nitrogens is 2. The molecule has 0 aliphatic heterocycles. The van der Waals surface area contributed by atoms with Gasteiger partial charge in [0.2, 0.25) is 0 Å². The molecule has 0 spiro atoms. The molecule has 0 fully saturated rings. The van der Waals surface area contributed by atoms with Crippen LogP contribution in [-0.2, 0) is 9.53 Å². The maximum Gasteiger partial charge on any atom is 0.330 e. The number of carbonyl (C=O) groups excluding carboxylic acids is 1. The highest BCUT2D eigenvalue weighted by molar-refractivity contribution is 7.22. The van der Waals surface area contributed by atoms with Crippen molar-refractivity contribution < 1.29 is 14.3 Å². The van der Waals surface area contributed by atoms with E-state index in [4.69, 9.17) is 19.4 Å². The molecule has 0 unspecified atom stereocenters. The number of para-hydroxylation sites is 2. The molecule has 7 heteroatoms. The third-order valence-electron chi connectivity index (χ3n) is 5.76. The molecule has 6 aromatic rings. The first-order valence-corrected chi connectivity index (χ1v) is 13.0. The molecule has 0 atom stereocenters. The average Bonchev–Trinajstić information content (AvgIpc) is 3.54. The summed E-state index contributed by atoms with van der Waals surface area (Å²) in [5, 5.41) is 3.99. The van der Waals surface area contributed by atoms with E-state index in [1.165, 1.54) is 4.70 Å². The van der Waals surface area contributed by atoms with Crippen LogP contribution in [0.25, 0.3) is 52.3 Å². The quantitative estimate of drug-likeness (QED) is 0.127. The van der Waals surface area contributed by atoms with Gasteiger partial charge >= 0.3 is 5.97 Å². The van der Waals surface area contributed by atoms with Gasteiger partial charge in [0.15, 0.2) is 0 Å². The van der Waals surface area contributed by atoms with Crippen molar-refractivity contribution in [2.75, 3.05) is 13.2 Å². The maximum atomic E-state index is 11.4. The Morgan fingerprint density at radius 2 is 1.50 bits per heavy atom. The first-order chi connectivity index (χ1) is 17.7. The molecular formula is C29H20N2O3S2. The van der Waals surface area contributed by atoms with Gasteiger partial charge < -0.3 is 9.47 Å². The van der Waals surface area contributed by atoms with Gasteiger partial charge in [-0.25, -0.2) is 14.8 Å². The number of benzene rings is 4. The molecule has 0 bridgehead atoms. The number of hydrogen-bond donors (Lipinski definition) is 0. The summed E-state index contributed by atoms with van der Waals surface area (Å²) in [4.78, 5) is 21.1. The van der Waals surface area contributed by atoms with E-state index in [-0.39, 0.29) is 13.2 Å². The molecule has 0 amide bonds. The summed E-state index contributed by atoms with van der Waals surface area (Å²) in [6, 6.07) is 26.7. The number of rotatable bonds is 7. The van der Waals surface area contributed by atoms with Gasteiger partial charge in [-0.05, 0) is 53.2 Å². The monoisotopic (exact) mass is 508 g/mol. The van der Waals surface area contributed by atoms with Gasteiger partial charge in [-0.1, -0.05) is 43.0 Å². The number of carbonyl (C=O) groups is 1. The SMILES string of the molecule is C=CC(=O)OCCOc1cc2ccc(-c3nc4ccccc4s3)cc2cc1-c1nc2ccccc2s1. The fourth-order valence-corrected chi connectivity index (χ4v) is 5.98. The van der Waals surface area contributed by atoms with Crippen LogP contribution in [0.2, 0.25) is 0 Å². The minimum Gasteiger partial charge on any atom is -0.489 e. The van der Waals surface area contributed by atoms with Crippen LogP contribution < -0.4 is 4.74 Å². The van der Waals surface area contributed by atoms with Gasteiger partial charge in [0.25, 0.3) is 0 Å².